The van der Waals surface area contributed by atoms with Gasteiger partial charge in [0.05, 0.1) is 24.2 Å². The molecule has 2 heterocycles. The van der Waals surface area contributed by atoms with E-state index >= 15 is 0 Å². The molecule has 0 bridgehead atoms. The maximum absolute atomic E-state index is 13.0. The van der Waals surface area contributed by atoms with Gasteiger partial charge < -0.3 is 15.0 Å². The lowest BCUT2D eigenvalue weighted by molar-refractivity contribution is -0.115. The number of anilines is 2. The summed E-state index contributed by atoms with van der Waals surface area (Å²) in [6.45, 7) is 10.8. The number of morpholine rings is 1. The lowest BCUT2D eigenvalue weighted by atomic mass is 10.1. The molecule has 0 spiro atoms. The molecule has 1 saturated heterocycles. The Morgan fingerprint density at radius 1 is 1.03 bits per heavy atom. The number of nitrogens with zero attached hydrogens (tertiary/aromatic N) is 4. The molecular formula is C24H29N5O2S. The number of thioether (sulfide) groups is 1. The van der Waals surface area contributed by atoms with Crippen LogP contribution in [0.3, 0.4) is 0 Å². The number of nitrogens with one attached hydrogen (secondary N) is 1. The Bertz CT molecular complexity index is 1070. The fourth-order valence-electron chi connectivity index (χ4n) is 3.67. The highest BCUT2D eigenvalue weighted by Crippen LogP contribution is 2.31. The molecule has 0 radical (unpaired) electrons. The van der Waals surface area contributed by atoms with Crippen molar-refractivity contribution in [2.45, 2.75) is 38.1 Å². The van der Waals surface area contributed by atoms with Gasteiger partial charge in [-0.1, -0.05) is 47.7 Å². The van der Waals surface area contributed by atoms with Gasteiger partial charge in [-0.2, -0.15) is 0 Å². The monoisotopic (exact) mass is 451 g/mol. The van der Waals surface area contributed by atoms with Crippen molar-refractivity contribution in [3.8, 4) is 5.69 Å². The second-order valence-electron chi connectivity index (χ2n) is 8.07. The summed E-state index contributed by atoms with van der Waals surface area (Å²) in [5.41, 5.74) is 5.14. The van der Waals surface area contributed by atoms with Crippen LogP contribution in [0, 0.1) is 20.8 Å². The van der Waals surface area contributed by atoms with Crippen LogP contribution in [0.4, 0.5) is 11.6 Å². The third-order valence-corrected chi connectivity index (χ3v) is 6.63. The fourth-order valence-corrected chi connectivity index (χ4v) is 4.54. The van der Waals surface area contributed by atoms with Gasteiger partial charge in [-0.3, -0.25) is 9.36 Å². The van der Waals surface area contributed by atoms with Gasteiger partial charge in [-0.15, -0.1) is 10.2 Å². The minimum Gasteiger partial charge on any atom is -0.378 e. The third-order valence-electron chi connectivity index (χ3n) is 5.58. The molecule has 7 nitrogen and oxygen atoms in total. The molecule has 2 aromatic carbocycles. The molecule has 1 aliphatic rings. The van der Waals surface area contributed by atoms with Crippen molar-refractivity contribution < 1.29 is 9.53 Å². The molecule has 1 fully saturated rings. The molecule has 1 amide bonds. The van der Waals surface area contributed by atoms with Crippen molar-refractivity contribution in [3.05, 3.63) is 59.2 Å². The van der Waals surface area contributed by atoms with Crippen molar-refractivity contribution in [3.63, 3.8) is 0 Å². The molecule has 168 valence electrons. The second-order valence-corrected chi connectivity index (χ2v) is 9.38. The number of carbonyl (C=O) groups is 1. The van der Waals surface area contributed by atoms with Gasteiger partial charge in [0.1, 0.15) is 0 Å². The number of hydrogen-bond donors (Lipinski definition) is 1. The Morgan fingerprint density at radius 3 is 2.34 bits per heavy atom. The predicted octanol–water partition coefficient (Wildman–Crippen LogP) is 4.15. The molecule has 1 aliphatic heterocycles. The van der Waals surface area contributed by atoms with E-state index in [1.54, 1.807) is 0 Å². The number of amides is 1. The first kappa shape index (κ1) is 22.4. The van der Waals surface area contributed by atoms with Gasteiger partial charge in [0.15, 0.2) is 5.16 Å². The SMILES string of the molecule is Cc1ccc(-n2c(SC(C)C(=O)Nc3c(C)cccc3C)nnc2N2CCOCC2)cc1. The van der Waals surface area contributed by atoms with E-state index in [0.29, 0.717) is 18.4 Å². The summed E-state index contributed by atoms with van der Waals surface area (Å²) in [6.07, 6.45) is 0. The van der Waals surface area contributed by atoms with E-state index < -0.39 is 0 Å². The van der Waals surface area contributed by atoms with Crippen LogP contribution >= 0.6 is 11.8 Å². The molecule has 8 heteroatoms. The van der Waals surface area contributed by atoms with E-state index in [1.165, 1.54) is 17.3 Å². The number of rotatable bonds is 6. The number of ether oxygens (including phenoxy) is 1. The lowest BCUT2D eigenvalue weighted by Gasteiger charge is -2.28. The van der Waals surface area contributed by atoms with E-state index in [1.807, 2.05) is 43.5 Å². The average molecular weight is 452 g/mol. The molecule has 1 unspecified atom stereocenters. The lowest BCUT2D eigenvalue weighted by Crippen LogP contribution is -2.38. The molecule has 1 N–H and O–H groups in total. The number of hydrogen-bond acceptors (Lipinski definition) is 6. The third kappa shape index (κ3) is 4.81. The zero-order valence-corrected chi connectivity index (χ0v) is 19.8. The van der Waals surface area contributed by atoms with Crippen molar-refractivity contribution in [1.29, 1.82) is 0 Å². The Balaban J connectivity index is 1.60. The normalized spacial score (nSPS) is 14.9. The first-order valence-corrected chi connectivity index (χ1v) is 11.7. The zero-order valence-electron chi connectivity index (χ0n) is 19.0. The second kappa shape index (κ2) is 9.75. The summed E-state index contributed by atoms with van der Waals surface area (Å²) in [6, 6.07) is 14.3. The van der Waals surface area contributed by atoms with Gasteiger partial charge >= 0.3 is 0 Å². The zero-order chi connectivity index (χ0) is 22.7. The van der Waals surface area contributed by atoms with Crippen molar-refractivity contribution in [2.24, 2.45) is 0 Å². The Morgan fingerprint density at radius 2 is 1.69 bits per heavy atom. The van der Waals surface area contributed by atoms with Crippen LogP contribution in [0.25, 0.3) is 5.69 Å². The Labute approximate surface area is 193 Å². The van der Waals surface area contributed by atoms with E-state index in [-0.39, 0.29) is 11.2 Å². The smallest absolute Gasteiger partial charge is 0.237 e. The van der Waals surface area contributed by atoms with Crippen LogP contribution in [0.5, 0.6) is 0 Å². The minimum absolute atomic E-state index is 0.0567. The predicted molar refractivity (Wildman–Crippen MR) is 129 cm³/mol. The van der Waals surface area contributed by atoms with Crippen LogP contribution in [0.2, 0.25) is 0 Å². The van der Waals surface area contributed by atoms with Crippen LogP contribution in [0.15, 0.2) is 47.6 Å². The summed E-state index contributed by atoms with van der Waals surface area (Å²) in [5.74, 6) is 0.723. The van der Waals surface area contributed by atoms with Crippen molar-refractivity contribution in [1.82, 2.24) is 14.8 Å². The molecule has 4 rings (SSSR count). The van der Waals surface area contributed by atoms with Crippen LogP contribution < -0.4 is 10.2 Å². The van der Waals surface area contributed by atoms with Gasteiger partial charge in [0.2, 0.25) is 11.9 Å². The molecular weight excluding hydrogens is 422 g/mol. The first-order valence-electron chi connectivity index (χ1n) is 10.8. The van der Waals surface area contributed by atoms with Gasteiger partial charge in [0.25, 0.3) is 0 Å². The van der Waals surface area contributed by atoms with Gasteiger partial charge in [-0.05, 0) is 51.0 Å². The Kier molecular flexibility index (Phi) is 6.81. The molecule has 0 saturated carbocycles. The van der Waals surface area contributed by atoms with Crippen LogP contribution in [0.1, 0.15) is 23.6 Å². The molecule has 32 heavy (non-hydrogen) atoms. The summed E-state index contributed by atoms with van der Waals surface area (Å²) < 4.78 is 7.54. The molecule has 1 atom stereocenters. The number of carbonyl (C=O) groups excluding carboxylic acids is 1. The van der Waals surface area contributed by atoms with Crippen LogP contribution in [-0.4, -0.2) is 52.2 Å². The highest BCUT2D eigenvalue weighted by atomic mass is 32.2. The molecule has 1 aromatic heterocycles. The standard InChI is InChI=1S/C24H29N5O2S/c1-16-8-10-20(11-9-16)29-23(28-12-14-31-15-13-28)26-27-24(29)32-19(4)22(30)25-21-17(2)6-5-7-18(21)3/h5-11,19H,12-15H2,1-4H3,(H,25,30). The van der Waals surface area contributed by atoms with E-state index in [0.717, 1.165) is 41.5 Å². The van der Waals surface area contributed by atoms with Gasteiger partial charge in [0, 0.05) is 18.8 Å². The summed E-state index contributed by atoms with van der Waals surface area (Å²) in [7, 11) is 0. The van der Waals surface area contributed by atoms with E-state index in [2.05, 4.69) is 51.6 Å². The molecule has 3 aromatic rings. The average Bonchev–Trinajstić information content (AvgIpc) is 3.20. The number of aryl methyl sites for hydroxylation is 3. The summed E-state index contributed by atoms with van der Waals surface area (Å²) in [4.78, 5) is 15.2. The largest absolute Gasteiger partial charge is 0.378 e. The highest BCUT2D eigenvalue weighted by molar-refractivity contribution is 8.00. The van der Waals surface area contributed by atoms with E-state index in [9.17, 15) is 4.79 Å². The topological polar surface area (TPSA) is 72.3 Å². The highest BCUT2D eigenvalue weighted by Gasteiger charge is 2.25. The molecule has 0 aliphatic carbocycles. The van der Waals surface area contributed by atoms with E-state index in [4.69, 9.17) is 4.74 Å². The fraction of sp³-hybridized carbons (Fsp3) is 0.375. The number of aromatic nitrogens is 3. The van der Waals surface area contributed by atoms with Crippen LogP contribution in [-0.2, 0) is 9.53 Å². The Hall–Kier alpha value is -2.84. The quantitative estimate of drug-likeness (QED) is 0.568. The maximum atomic E-state index is 13.0. The number of para-hydroxylation sites is 1. The summed E-state index contributed by atoms with van der Waals surface area (Å²) >= 11 is 1.41. The number of benzene rings is 2. The van der Waals surface area contributed by atoms with Crippen molar-refractivity contribution >= 4 is 29.3 Å². The van der Waals surface area contributed by atoms with Crippen molar-refractivity contribution in [2.75, 3.05) is 36.5 Å². The first-order chi connectivity index (χ1) is 15.4. The summed E-state index contributed by atoms with van der Waals surface area (Å²) in [5, 5.41) is 12.4. The maximum Gasteiger partial charge on any atom is 0.237 e. The minimum atomic E-state index is -0.347. The van der Waals surface area contributed by atoms with Gasteiger partial charge in [-0.25, -0.2) is 0 Å².